The van der Waals surface area contributed by atoms with Crippen LogP contribution in [0.15, 0.2) is 41.6 Å². The predicted octanol–water partition coefficient (Wildman–Crippen LogP) is 2.02. The van der Waals surface area contributed by atoms with Gasteiger partial charge < -0.3 is 10.1 Å². The molecule has 3 N–H and O–H groups in total. The summed E-state index contributed by atoms with van der Waals surface area (Å²) in [5, 5.41) is 9.71. The van der Waals surface area contributed by atoms with Gasteiger partial charge in [-0.1, -0.05) is 13.8 Å². The zero-order valence-electron chi connectivity index (χ0n) is 14.0. The van der Waals surface area contributed by atoms with Gasteiger partial charge in [0.25, 0.3) is 0 Å². The predicted molar refractivity (Wildman–Crippen MR) is 95.7 cm³/mol. The first-order chi connectivity index (χ1) is 11.9. The summed E-state index contributed by atoms with van der Waals surface area (Å²) in [6, 6.07) is 7.09. The third-order valence-electron chi connectivity index (χ3n) is 3.90. The van der Waals surface area contributed by atoms with Crippen molar-refractivity contribution >= 4 is 21.1 Å². The van der Waals surface area contributed by atoms with Crippen molar-refractivity contribution in [3.05, 3.63) is 42.4 Å². The van der Waals surface area contributed by atoms with Crippen molar-refractivity contribution in [3.8, 4) is 11.3 Å². The van der Waals surface area contributed by atoms with E-state index < -0.39 is 10.0 Å². The second-order valence-corrected chi connectivity index (χ2v) is 7.77. The van der Waals surface area contributed by atoms with Crippen molar-refractivity contribution in [2.45, 2.75) is 24.7 Å². The summed E-state index contributed by atoms with van der Waals surface area (Å²) < 4.78 is 26.4. The first kappa shape index (κ1) is 17.5. The van der Waals surface area contributed by atoms with Gasteiger partial charge in [-0.3, -0.25) is 4.98 Å². The monoisotopic (exact) mass is 360 g/mol. The summed E-state index contributed by atoms with van der Waals surface area (Å²) in [6.07, 6.45) is 3.02. The maximum absolute atomic E-state index is 12.1. The lowest BCUT2D eigenvalue weighted by atomic mass is 10.1. The highest BCUT2D eigenvalue weighted by atomic mass is 32.2. The number of nitrogens with one attached hydrogen (secondary N) is 2. The van der Waals surface area contributed by atoms with Crippen LogP contribution in [0.5, 0.6) is 0 Å². The summed E-state index contributed by atoms with van der Waals surface area (Å²) in [7, 11) is -3.66. The van der Waals surface area contributed by atoms with Crippen molar-refractivity contribution < 1.29 is 13.5 Å². The molecule has 0 fully saturated rings. The van der Waals surface area contributed by atoms with Crippen molar-refractivity contribution in [1.29, 1.82) is 0 Å². The van der Waals surface area contributed by atoms with E-state index in [2.05, 4.69) is 39.6 Å². The summed E-state index contributed by atoms with van der Waals surface area (Å²) in [6.45, 7) is 3.91. The molecular weight excluding hydrogens is 340 g/mol. The van der Waals surface area contributed by atoms with Crippen LogP contribution in [0.3, 0.4) is 0 Å². The van der Waals surface area contributed by atoms with Crippen LogP contribution in [-0.4, -0.2) is 41.6 Å². The Morgan fingerprint density at radius 1 is 1.24 bits per heavy atom. The number of rotatable bonds is 6. The molecule has 0 aliphatic carbocycles. The molecule has 0 aliphatic heterocycles. The van der Waals surface area contributed by atoms with Crippen LogP contribution in [0.25, 0.3) is 22.3 Å². The number of fused-ring (bicyclic) bond motifs is 1. The van der Waals surface area contributed by atoms with Crippen LogP contribution in [-0.2, 0) is 10.0 Å². The molecule has 3 aromatic rings. The van der Waals surface area contributed by atoms with Crippen LogP contribution in [0, 0.1) is 0 Å². The Labute approximate surface area is 146 Å². The standard InChI is InChI=1S/C17H20N4O3S/c1-11(2)16-9-14-13(5-6-18-17(14)21-16)15-4-3-12(10-19-15)25(23,24)20-7-8-22/h3-6,9-11,20,22H,7-8H2,1-2H3,(H,18,21). The number of nitrogens with zero attached hydrogens (tertiary/aromatic N) is 2. The molecule has 0 saturated carbocycles. The van der Waals surface area contributed by atoms with Crippen LogP contribution < -0.4 is 4.72 Å². The Balaban J connectivity index is 1.99. The van der Waals surface area contributed by atoms with Gasteiger partial charge in [-0.05, 0) is 30.2 Å². The number of H-pyrrole nitrogens is 1. The first-order valence-corrected chi connectivity index (χ1v) is 9.45. The van der Waals surface area contributed by atoms with Crippen LogP contribution >= 0.6 is 0 Å². The maximum Gasteiger partial charge on any atom is 0.242 e. The summed E-state index contributed by atoms with van der Waals surface area (Å²) >= 11 is 0. The van der Waals surface area contributed by atoms with E-state index in [1.54, 1.807) is 12.3 Å². The molecule has 25 heavy (non-hydrogen) atoms. The van der Waals surface area contributed by atoms with Gasteiger partial charge in [-0.2, -0.15) is 0 Å². The van der Waals surface area contributed by atoms with Crippen LogP contribution in [0.2, 0.25) is 0 Å². The highest BCUT2D eigenvalue weighted by Crippen LogP contribution is 2.29. The number of pyridine rings is 2. The fourth-order valence-corrected chi connectivity index (χ4v) is 3.51. The molecule has 0 saturated heterocycles. The van der Waals surface area contributed by atoms with E-state index >= 15 is 0 Å². The van der Waals surface area contributed by atoms with Gasteiger partial charge in [0.05, 0.1) is 12.3 Å². The molecule has 0 bridgehead atoms. The fraction of sp³-hybridized carbons (Fsp3) is 0.294. The summed E-state index contributed by atoms with van der Waals surface area (Å²) in [5.74, 6) is 0.347. The molecule has 0 amide bonds. The molecule has 0 spiro atoms. The Bertz CT molecular complexity index is 979. The zero-order valence-corrected chi connectivity index (χ0v) is 14.8. The molecule has 8 heteroatoms. The highest BCUT2D eigenvalue weighted by Gasteiger charge is 2.15. The van der Waals surface area contributed by atoms with Crippen LogP contribution in [0.1, 0.15) is 25.5 Å². The quantitative estimate of drug-likeness (QED) is 0.623. The van der Waals surface area contributed by atoms with Gasteiger partial charge in [-0.15, -0.1) is 0 Å². The SMILES string of the molecule is CC(C)c1cc2c(-c3ccc(S(=O)(=O)NCCO)cn3)ccnc2[nH]1. The lowest BCUT2D eigenvalue weighted by molar-refractivity contribution is 0.301. The number of aromatic amines is 1. The molecule has 7 nitrogen and oxygen atoms in total. The molecule has 3 heterocycles. The van der Waals surface area contributed by atoms with Crippen molar-refractivity contribution in [1.82, 2.24) is 19.7 Å². The number of aromatic nitrogens is 3. The van der Waals surface area contributed by atoms with Gasteiger partial charge in [0.2, 0.25) is 10.0 Å². The highest BCUT2D eigenvalue weighted by molar-refractivity contribution is 7.89. The Morgan fingerprint density at radius 3 is 2.68 bits per heavy atom. The third-order valence-corrected chi connectivity index (χ3v) is 5.35. The number of hydrogen-bond acceptors (Lipinski definition) is 5. The minimum atomic E-state index is -3.66. The topological polar surface area (TPSA) is 108 Å². The van der Waals surface area contributed by atoms with E-state index in [0.717, 1.165) is 22.3 Å². The molecule has 0 aromatic carbocycles. The van der Waals surface area contributed by atoms with Crippen LogP contribution in [0.4, 0.5) is 0 Å². The molecule has 0 atom stereocenters. The van der Waals surface area contributed by atoms with E-state index in [1.165, 1.54) is 12.3 Å². The van der Waals surface area contributed by atoms with Crippen molar-refractivity contribution in [3.63, 3.8) is 0 Å². The second kappa shape index (κ2) is 6.91. The number of aliphatic hydroxyl groups excluding tert-OH is 1. The summed E-state index contributed by atoms with van der Waals surface area (Å²) in [4.78, 5) is 12.0. The molecule has 132 valence electrons. The third kappa shape index (κ3) is 3.55. The molecular formula is C17H20N4O3S. The average Bonchev–Trinajstić information content (AvgIpc) is 3.05. The Morgan fingerprint density at radius 2 is 2.04 bits per heavy atom. The van der Waals surface area contributed by atoms with Gasteiger partial charge in [-0.25, -0.2) is 18.1 Å². The molecule has 3 rings (SSSR count). The Hall–Kier alpha value is -2.29. The van der Waals surface area contributed by atoms with E-state index in [1.807, 2.05) is 6.07 Å². The number of sulfonamides is 1. The molecule has 0 radical (unpaired) electrons. The van der Waals surface area contributed by atoms with E-state index in [4.69, 9.17) is 5.11 Å². The minimum Gasteiger partial charge on any atom is -0.395 e. The number of hydrogen-bond donors (Lipinski definition) is 3. The normalized spacial score (nSPS) is 12.2. The van der Waals surface area contributed by atoms with E-state index in [0.29, 0.717) is 11.6 Å². The second-order valence-electron chi connectivity index (χ2n) is 6.00. The number of aliphatic hydroxyl groups is 1. The van der Waals surface area contributed by atoms with Gasteiger partial charge in [0.15, 0.2) is 0 Å². The van der Waals surface area contributed by atoms with Gasteiger partial charge in [0, 0.05) is 35.6 Å². The molecule has 0 aliphatic rings. The minimum absolute atomic E-state index is 0.0314. The van der Waals surface area contributed by atoms with Crippen molar-refractivity contribution in [2.75, 3.05) is 13.2 Å². The lowest BCUT2D eigenvalue weighted by Crippen LogP contribution is -2.26. The van der Waals surface area contributed by atoms with E-state index in [-0.39, 0.29) is 18.0 Å². The fourth-order valence-electron chi connectivity index (χ4n) is 2.54. The molecule has 3 aromatic heterocycles. The lowest BCUT2D eigenvalue weighted by Gasteiger charge is -2.06. The smallest absolute Gasteiger partial charge is 0.242 e. The van der Waals surface area contributed by atoms with Crippen molar-refractivity contribution in [2.24, 2.45) is 0 Å². The van der Waals surface area contributed by atoms with Gasteiger partial charge >= 0.3 is 0 Å². The molecule has 0 unspecified atom stereocenters. The van der Waals surface area contributed by atoms with Gasteiger partial charge in [0.1, 0.15) is 10.5 Å². The summed E-state index contributed by atoms with van der Waals surface area (Å²) in [5.41, 5.74) is 3.43. The first-order valence-electron chi connectivity index (χ1n) is 7.97. The maximum atomic E-state index is 12.1. The average molecular weight is 360 g/mol. The largest absolute Gasteiger partial charge is 0.395 e. The zero-order chi connectivity index (χ0) is 18.0. The van der Waals surface area contributed by atoms with E-state index in [9.17, 15) is 8.42 Å². The Kier molecular flexibility index (Phi) is 4.85.